The van der Waals surface area contributed by atoms with Crippen LogP contribution in [-0.4, -0.2) is 45.7 Å². The number of carboxylic acids is 1. The molecule has 4 heterocycles. The largest absolute Gasteiger partial charge is 0.481 e. The molecule has 0 aliphatic carbocycles. The molecule has 2 aromatic carbocycles. The van der Waals surface area contributed by atoms with Gasteiger partial charge in [0.15, 0.2) is 6.23 Å². The van der Waals surface area contributed by atoms with Gasteiger partial charge in [0.25, 0.3) is 0 Å². The summed E-state index contributed by atoms with van der Waals surface area (Å²) in [6.07, 6.45) is 6.77. The first-order valence-corrected chi connectivity index (χ1v) is 13.5. The van der Waals surface area contributed by atoms with E-state index in [1.165, 1.54) is 12.1 Å². The molecule has 2 fully saturated rings. The first-order valence-electron chi connectivity index (χ1n) is 13.5. The quantitative estimate of drug-likeness (QED) is 0.326. The summed E-state index contributed by atoms with van der Waals surface area (Å²) in [6.45, 7) is 3.74. The van der Waals surface area contributed by atoms with Crippen LogP contribution in [0.3, 0.4) is 0 Å². The Morgan fingerprint density at radius 3 is 2.61 bits per heavy atom. The number of pyridine rings is 1. The highest BCUT2D eigenvalue weighted by atomic mass is 19.1. The molecule has 2 aliphatic rings. The molecule has 198 valence electrons. The number of aliphatic carboxylic acids is 1. The van der Waals surface area contributed by atoms with E-state index in [4.69, 9.17) is 19.6 Å². The van der Waals surface area contributed by atoms with Gasteiger partial charge < -0.3 is 14.6 Å². The van der Waals surface area contributed by atoms with E-state index in [2.05, 4.69) is 12.1 Å². The maximum Gasteiger partial charge on any atom is 0.306 e. The maximum atomic E-state index is 13.9. The van der Waals surface area contributed by atoms with Gasteiger partial charge in [-0.2, -0.15) is 5.10 Å². The van der Waals surface area contributed by atoms with Crippen molar-refractivity contribution in [2.75, 3.05) is 19.8 Å². The molecular formula is C30H32FN3O4. The van der Waals surface area contributed by atoms with E-state index < -0.39 is 11.9 Å². The predicted molar refractivity (Wildman–Crippen MR) is 143 cm³/mol. The fourth-order valence-corrected chi connectivity index (χ4v) is 5.80. The summed E-state index contributed by atoms with van der Waals surface area (Å²) >= 11 is 0. The zero-order valence-electron chi connectivity index (χ0n) is 21.5. The highest BCUT2D eigenvalue weighted by Crippen LogP contribution is 2.41. The molecule has 1 unspecified atom stereocenters. The molecule has 2 aliphatic heterocycles. The summed E-state index contributed by atoms with van der Waals surface area (Å²) < 4.78 is 27.5. The first-order chi connectivity index (χ1) is 18.5. The van der Waals surface area contributed by atoms with Crippen LogP contribution in [0.2, 0.25) is 0 Å². The number of hydrogen-bond acceptors (Lipinski definition) is 5. The normalized spacial score (nSPS) is 19.7. The minimum absolute atomic E-state index is 0.119. The molecule has 8 heteroatoms. The van der Waals surface area contributed by atoms with E-state index in [1.54, 1.807) is 19.1 Å². The zero-order valence-corrected chi connectivity index (χ0v) is 21.5. The number of aromatic nitrogens is 3. The van der Waals surface area contributed by atoms with Crippen molar-refractivity contribution in [2.45, 2.75) is 57.6 Å². The molecule has 2 saturated heterocycles. The van der Waals surface area contributed by atoms with Crippen molar-refractivity contribution in [3.8, 4) is 11.1 Å². The predicted octanol–water partition coefficient (Wildman–Crippen LogP) is 6.25. The van der Waals surface area contributed by atoms with Crippen molar-refractivity contribution in [2.24, 2.45) is 5.92 Å². The monoisotopic (exact) mass is 517 g/mol. The number of ether oxygens (including phenoxy) is 2. The number of rotatable bonds is 6. The Morgan fingerprint density at radius 2 is 1.89 bits per heavy atom. The van der Waals surface area contributed by atoms with Crippen LogP contribution < -0.4 is 0 Å². The molecule has 0 bridgehead atoms. The number of fused-ring (bicyclic) bond motifs is 2. The van der Waals surface area contributed by atoms with Crippen LogP contribution >= 0.6 is 0 Å². The third-order valence-electron chi connectivity index (χ3n) is 7.92. The zero-order chi connectivity index (χ0) is 26.2. The van der Waals surface area contributed by atoms with Crippen LogP contribution in [-0.2, 0) is 20.7 Å². The Bertz CT molecular complexity index is 1470. The van der Waals surface area contributed by atoms with Crippen LogP contribution in [0, 0.1) is 11.7 Å². The highest BCUT2D eigenvalue weighted by molar-refractivity contribution is 6.06. The molecule has 0 radical (unpaired) electrons. The standard InChI is InChI=1S/C30H32FN3O4/c1-18(30(35)36)14-25-23-16-26-21(17-32-34(26)27-4-2-3-11-38-27)15-24(23)28(19-5-7-22(31)8-6-19)29(33-25)20-9-12-37-13-10-20/h5-8,15-18,20,27H,2-4,9-14H2,1H3,(H,35,36)/t18-,27?/m1/s1. The Kier molecular flexibility index (Phi) is 6.84. The van der Waals surface area contributed by atoms with E-state index in [0.29, 0.717) is 26.2 Å². The minimum atomic E-state index is -0.850. The minimum Gasteiger partial charge on any atom is -0.481 e. The lowest BCUT2D eigenvalue weighted by atomic mass is 9.85. The van der Waals surface area contributed by atoms with Gasteiger partial charge in [-0.25, -0.2) is 9.07 Å². The number of carbonyl (C=O) groups is 1. The maximum absolute atomic E-state index is 13.9. The van der Waals surface area contributed by atoms with Crippen LogP contribution in [0.4, 0.5) is 4.39 Å². The van der Waals surface area contributed by atoms with Crippen LogP contribution in [0.1, 0.15) is 62.6 Å². The third-order valence-corrected chi connectivity index (χ3v) is 7.92. The lowest BCUT2D eigenvalue weighted by Crippen LogP contribution is -2.19. The number of nitrogens with zero attached hydrogens (tertiary/aromatic N) is 3. The summed E-state index contributed by atoms with van der Waals surface area (Å²) in [7, 11) is 0. The SMILES string of the molecule is C[C@H](Cc1nc(C2CCOCC2)c(-c2ccc(F)cc2)c2cc3cnn(C4CCCCO4)c3cc12)C(=O)O. The lowest BCUT2D eigenvalue weighted by Gasteiger charge is -2.26. The van der Waals surface area contributed by atoms with Gasteiger partial charge in [-0.1, -0.05) is 19.1 Å². The van der Waals surface area contributed by atoms with Crippen molar-refractivity contribution < 1.29 is 23.8 Å². The molecule has 0 saturated carbocycles. The van der Waals surface area contributed by atoms with Gasteiger partial charge in [-0.3, -0.25) is 9.78 Å². The van der Waals surface area contributed by atoms with Gasteiger partial charge in [0.05, 0.1) is 23.3 Å². The molecule has 0 amide bonds. The topological polar surface area (TPSA) is 86.5 Å². The summed E-state index contributed by atoms with van der Waals surface area (Å²) in [5.41, 5.74) is 4.51. The average molecular weight is 518 g/mol. The van der Waals surface area contributed by atoms with E-state index in [1.807, 2.05) is 10.9 Å². The molecule has 0 spiro atoms. The molecule has 7 nitrogen and oxygen atoms in total. The van der Waals surface area contributed by atoms with Gasteiger partial charge in [0.2, 0.25) is 0 Å². The number of benzene rings is 2. The second-order valence-electron chi connectivity index (χ2n) is 10.5. The molecule has 1 N–H and O–H groups in total. The van der Waals surface area contributed by atoms with E-state index in [9.17, 15) is 14.3 Å². The Hall–Kier alpha value is -3.36. The van der Waals surface area contributed by atoms with E-state index in [0.717, 1.165) is 76.3 Å². The first kappa shape index (κ1) is 24.9. The second-order valence-corrected chi connectivity index (χ2v) is 10.5. The number of halogens is 1. The fraction of sp³-hybridized carbons (Fsp3) is 0.433. The van der Waals surface area contributed by atoms with Gasteiger partial charge in [0.1, 0.15) is 5.82 Å². The van der Waals surface area contributed by atoms with Crippen molar-refractivity contribution >= 4 is 27.6 Å². The van der Waals surface area contributed by atoms with Gasteiger partial charge >= 0.3 is 5.97 Å². The van der Waals surface area contributed by atoms with Crippen molar-refractivity contribution in [3.05, 3.63) is 59.8 Å². The van der Waals surface area contributed by atoms with E-state index >= 15 is 0 Å². The van der Waals surface area contributed by atoms with Gasteiger partial charge in [-0.15, -0.1) is 0 Å². The Labute approximate surface area is 220 Å². The number of carboxylic acid groups (broad SMARTS) is 1. The molecule has 2 atom stereocenters. The average Bonchev–Trinajstić information content (AvgIpc) is 3.36. The van der Waals surface area contributed by atoms with Crippen LogP contribution in [0.15, 0.2) is 42.6 Å². The smallest absolute Gasteiger partial charge is 0.306 e. The molecule has 4 aromatic rings. The van der Waals surface area contributed by atoms with Crippen molar-refractivity contribution in [3.63, 3.8) is 0 Å². The summed E-state index contributed by atoms with van der Waals surface area (Å²) in [4.78, 5) is 17.1. The molecule has 6 rings (SSSR count). The summed E-state index contributed by atoms with van der Waals surface area (Å²) in [5, 5.41) is 17.3. The van der Waals surface area contributed by atoms with Gasteiger partial charge in [0, 0.05) is 54.2 Å². The van der Waals surface area contributed by atoms with E-state index in [-0.39, 0.29) is 18.0 Å². The van der Waals surface area contributed by atoms with Crippen molar-refractivity contribution in [1.29, 1.82) is 0 Å². The number of hydrogen-bond donors (Lipinski definition) is 1. The molecule has 38 heavy (non-hydrogen) atoms. The summed E-state index contributed by atoms with van der Waals surface area (Å²) in [6, 6.07) is 10.8. The fourth-order valence-electron chi connectivity index (χ4n) is 5.80. The lowest BCUT2D eigenvalue weighted by molar-refractivity contribution is -0.141. The van der Waals surface area contributed by atoms with Gasteiger partial charge in [-0.05, 0) is 67.3 Å². The Morgan fingerprint density at radius 1 is 1.11 bits per heavy atom. The molecule has 2 aromatic heterocycles. The summed E-state index contributed by atoms with van der Waals surface area (Å²) in [5.74, 6) is -1.56. The van der Waals surface area contributed by atoms with Crippen LogP contribution in [0.5, 0.6) is 0 Å². The van der Waals surface area contributed by atoms with Crippen LogP contribution in [0.25, 0.3) is 32.8 Å². The highest BCUT2D eigenvalue weighted by Gasteiger charge is 2.27. The second kappa shape index (κ2) is 10.4. The molecular weight excluding hydrogens is 485 g/mol. The third kappa shape index (κ3) is 4.67. The van der Waals surface area contributed by atoms with Crippen molar-refractivity contribution in [1.82, 2.24) is 14.8 Å². The Balaban J connectivity index is 1.62.